The first-order valence-corrected chi connectivity index (χ1v) is 11.4. The zero-order valence-electron chi connectivity index (χ0n) is 19.0. The SMILES string of the molecule is Cc1ccc([C@@H](C)CN[C@H](c2ccccc2)[C@@H]2CNc3cc(F)cnc3C2)cc1CC(=O)O. The minimum absolute atomic E-state index is 0.0349. The van der Waals surface area contributed by atoms with Crippen molar-refractivity contribution in [1.29, 1.82) is 0 Å². The molecule has 0 aliphatic carbocycles. The number of hydrogen-bond donors (Lipinski definition) is 3. The number of hydrogen-bond acceptors (Lipinski definition) is 4. The lowest BCUT2D eigenvalue weighted by Gasteiger charge is -2.33. The van der Waals surface area contributed by atoms with Crippen molar-refractivity contribution in [2.45, 2.75) is 38.6 Å². The smallest absolute Gasteiger partial charge is 0.307 e. The molecule has 3 atom stereocenters. The van der Waals surface area contributed by atoms with Gasteiger partial charge in [0, 0.05) is 31.1 Å². The molecule has 2 aromatic carbocycles. The molecule has 3 N–H and O–H groups in total. The predicted molar refractivity (Wildman–Crippen MR) is 128 cm³/mol. The number of carboxylic acids is 1. The van der Waals surface area contributed by atoms with E-state index in [1.54, 1.807) is 0 Å². The maximum Gasteiger partial charge on any atom is 0.307 e. The van der Waals surface area contributed by atoms with Crippen LogP contribution in [0.2, 0.25) is 0 Å². The second-order valence-electron chi connectivity index (χ2n) is 8.95. The van der Waals surface area contributed by atoms with Crippen molar-refractivity contribution in [3.8, 4) is 0 Å². The van der Waals surface area contributed by atoms with Gasteiger partial charge in [-0.1, -0.05) is 55.5 Å². The molecule has 0 saturated heterocycles. The number of pyridine rings is 1. The number of anilines is 1. The minimum Gasteiger partial charge on any atom is -0.481 e. The van der Waals surface area contributed by atoms with Crippen molar-refractivity contribution < 1.29 is 14.3 Å². The molecule has 0 amide bonds. The lowest BCUT2D eigenvalue weighted by molar-refractivity contribution is -0.136. The molecular formula is C27H30FN3O2. The van der Waals surface area contributed by atoms with Gasteiger partial charge in [0.15, 0.2) is 0 Å². The number of carboxylic acid groups (broad SMARTS) is 1. The van der Waals surface area contributed by atoms with E-state index in [1.807, 2.05) is 37.3 Å². The lowest BCUT2D eigenvalue weighted by Crippen LogP contribution is -2.37. The van der Waals surface area contributed by atoms with Crippen LogP contribution in [0, 0.1) is 18.7 Å². The Morgan fingerprint density at radius 1 is 1.21 bits per heavy atom. The number of rotatable bonds is 8. The Labute approximate surface area is 194 Å². The molecule has 172 valence electrons. The molecule has 1 aliphatic heterocycles. The van der Waals surface area contributed by atoms with Crippen LogP contribution in [0.4, 0.5) is 10.1 Å². The monoisotopic (exact) mass is 447 g/mol. The second-order valence-corrected chi connectivity index (χ2v) is 8.95. The van der Waals surface area contributed by atoms with Gasteiger partial charge in [-0.05, 0) is 41.5 Å². The first-order chi connectivity index (χ1) is 15.9. The third kappa shape index (κ3) is 5.57. The van der Waals surface area contributed by atoms with Gasteiger partial charge in [0.25, 0.3) is 0 Å². The third-order valence-corrected chi connectivity index (χ3v) is 6.51. The molecule has 33 heavy (non-hydrogen) atoms. The predicted octanol–water partition coefficient (Wildman–Crippen LogP) is 4.88. The number of carbonyl (C=O) groups is 1. The molecule has 3 aromatic rings. The van der Waals surface area contributed by atoms with Crippen molar-refractivity contribution in [1.82, 2.24) is 10.3 Å². The van der Waals surface area contributed by atoms with Crippen molar-refractivity contribution in [2.75, 3.05) is 18.4 Å². The van der Waals surface area contributed by atoms with E-state index in [4.69, 9.17) is 0 Å². The van der Waals surface area contributed by atoms with Crippen molar-refractivity contribution >= 4 is 11.7 Å². The minimum atomic E-state index is -0.816. The summed E-state index contributed by atoms with van der Waals surface area (Å²) >= 11 is 0. The van der Waals surface area contributed by atoms with Gasteiger partial charge in [0.05, 0.1) is 24.0 Å². The fourth-order valence-electron chi connectivity index (χ4n) is 4.57. The number of benzene rings is 2. The van der Waals surface area contributed by atoms with Gasteiger partial charge < -0.3 is 15.7 Å². The fraction of sp³-hybridized carbons (Fsp3) is 0.333. The topological polar surface area (TPSA) is 74.2 Å². The van der Waals surface area contributed by atoms with Gasteiger partial charge in [-0.3, -0.25) is 9.78 Å². The molecule has 0 saturated carbocycles. The Morgan fingerprint density at radius 2 is 2.00 bits per heavy atom. The summed E-state index contributed by atoms with van der Waals surface area (Å²) in [5.74, 6) is -0.679. The maximum absolute atomic E-state index is 13.6. The first kappa shape index (κ1) is 22.9. The zero-order valence-corrected chi connectivity index (χ0v) is 19.0. The van der Waals surface area contributed by atoms with Crippen LogP contribution in [-0.4, -0.2) is 29.1 Å². The van der Waals surface area contributed by atoms with E-state index in [-0.39, 0.29) is 30.1 Å². The second kappa shape index (κ2) is 10.1. The Hall–Kier alpha value is -3.25. The Kier molecular flexibility index (Phi) is 7.04. The number of aliphatic carboxylic acids is 1. The summed E-state index contributed by atoms with van der Waals surface area (Å²) < 4.78 is 13.6. The number of aryl methyl sites for hydroxylation is 1. The fourth-order valence-corrected chi connectivity index (χ4v) is 4.57. The van der Waals surface area contributed by atoms with Crippen molar-refractivity contribution in [3.05, 3.63) is 94.6 Å². The summed E-state index contributed by atoms with van der Waals surface area (Å²) in [5.41, 5.74) is 5.85. The molecule has 0 bridgehead atoms. The highest BCUT2D eigenvalue weighted by Gasteiger charge is 2.28. The molecule has 0 radical (unpaired) electrons. The van der Waals surface area contributed by atoms with E-state index in [0.29, 0.717) is 0 Å². The largest absolute Gasteiger partial charge is 0.481 e. The van der Waals surface area contributed by atoms with Gasteiger partial charge >= 0.3 is 5.97 Å². The van der Waals surface area contributed by atoms with Gasteiger partial charge in [-0.2, -0.15) is 0 Å². The van der Waals surface area contributed by atoms with Crippen molar-refractivity contribution in [3.63, 3.8) is 0 Å². The summed E-state index contributed by atoms with van der Waals surface area (Å²) in [6, 6.07) is 18.1. The van der Waals surface area contributed by atoms with Crippen LogP contribution < -0.4 is 10.6 Å². The van der Waals surface area contributed by atoms with E-state index in [0.717, 1.165) is 47.6 Å². The highest BCUT2D eigenvalue weighted by molar-refractivity contribution is 5.70. The van der Waals surface area contributed by atoms with E-state index < -0.39 is 5.97 Å². The molecule has 4 rings (SSSR count). The molecular weight excluding hydrogens is 417 g/mol. The molecule has 0 spiro atoms. The van der Waals surface area contributed by atoms with E-state index in [1.165, 1.54) is 17.8 Å². The molecule has 6 heteroatoms. The van der Waals surface area contributed by atoms with Crippen LogP contribution in [0.3, 0.4) is 0 Å². The lowest BCUT2D eigenvalue weighted by atomic mass is 9.86. The Bertz CT molecular complexity index is 1120. The molecule has 0 unspecified atom stereocenters. The van der Waals surface area contributed by atoms with Crippen LogP contribution in [-0.2, 0) is 17.6 Å². The molecule has 1 aromatic heterocycles. The normalized spacial score (nSPS) is 17.0. The van der Waals surface area contributed by atoms with Gasteiger partial charge in [0.1, 0.15) is 5.82 Å². The zero-order chi connectivity index (χ0) is 23.4. The van der Waals surface area contributed by atoms with Crippen LogP contribution in [0.1, 0.15) is 46.8 Å². The Balaban J connectivity index is 1.51. The van der Waals surface area contributed by atoms with Gasteiger partial charge in [-0.15, -0.1) is 0 Å². The van der Waals surface area contributed by atoms with E-state index >= 15 is 0 Å². The van der Waals surface area contributed by atoms with Crippen LogP contribution in [0.15, 0.2) is 60.8 Å². The van der Waals surface area contributed by atoms with E-state index in [2.05, 4.69) is 40.7 Å². The molecule has 2 heterocycles. The number of halogens is 1. The molecule has 1 aliphatic rings. The summed E-state index contributed by atoms with van der Waals surface area (Å²) in [5, 5.41) is 16.3. The number of aromatic nitrogens is 1. The molecule has 5 nitrogen and oxygen atoms in total. The Morgan fingerprint density at radius 3 is 2.76 bits per heavy atom. The highest BCUT2D eigenvalue weighted by atomic mass is 19.1. The van der Waals surface area contributed by atoms with Crippen LogP contribution in [0.25, 0.3) is 0 Å². The van der Waals surface area contributed by atoms with Gasteiger partial charge in [0.2, 0.25) is 0 Å². The van der Waals surface area contributed by atoms with E-state index in [9.17, 15) is 14.3 Å². The number of nitrogens with zero attached hydrogens (tertiary/aromatic N) is 1. The summed E-state index contributed by atoms with van der Waals surface area (Å²) in [4.78, 5) is 15.5. The van der Waals surface area contributed by atoms with Crippen LogP contribution in [0.5, 0.6) is 0 Å². The van der Waals surface area contributed by atoms with Gasteiger partial charge in [-0.25, -0.2) is 4.39 Å². The maximum atomic E-state index is 13.6. The standard InChI is InChI=1S/C27H30FN3O2/c1-17-8-9-20(10-21(17)12-26(32)33)18(2)14-31-27(19-6-4-3-5-7-19)22-11-24-25(29-15-22)13-23(28)16-30-24/h3-10,13,16,18,22,27,29,31H,11-12,14-15H2,1-2H3,(H,32,33)/t18-,22-,27+/m0/s1. The average molecular weight is 448 g/mol. The quantitative estimate of drug-likeness (QED) is 0.459. The third-order valence-electron chi connectivity index (χ3n) is 6.51. The highest BCUT2D eigenvalue weighted by Crippen LogP contribution is 2.32. The number of nitrogens with one attached hydrogen (secondary N) is 2. The summed E-state index contributed by atoms with van der Waals surface area (Å²) in [7, 11) is 0. The summed E-state index contributed by atoms with van der Waals surface area (Å²) in [6.07, 6.45) is 2.08. The molecule has 0 fully saturated rings. The van der Waals surface area contributed by atoms with Crippen LogP contribution >= 0.6 is 0 Å². The first-order valence-electron chi connectivity index (χ1n) is 11.4. The average Bonchev–Trinajstić information content (AvgIpc) is 2.81. The van der Waals surface area contributed by atoms with Crippen molar-refractivity contribution in [2.24, 2.45) is 5.92 Å². The summed E-state index contributed by atoms with van der Waals surface area (Å²) in [6.45, 7) is 5.58. The number of fused-ring (bicyclic) bond motifs is 1.